The third-order valence-corrected chi connectivity index (χ3v) is 5.88. The molecule has 0 fully saturated rings. The van der Waals surface area contributed by atoms with Crippen LogP contribution in [0.15, 0.2) is 24.3 Å². The van der Waals surface area contributed by atoms with Crippen LogP contribution < -0.4 is 14.8 Å². The number of esters is 1. The molecule has 4 rings (SSSR count). The van der Waals surface area contributed by atoms with Crippen molar-refractivity contribution < 1.29 is 23.8 Å². The Balaban J connectivity index is 1.37. The molecule has 2 heterocycles. The van der Waals surface area contributed by atoms with Gasteiger partial charge in [-0.25, -0.2) is 4.79 Å². The Morgan fingerprint density at radius 2 is 1.89 bits per heavy atom. The fraction of sp³-hybridized carbons (Fsp3) is 0.400. The van der Waals surface area contributed by atoms with E-state index < -0.39 is 12.1 Å². The van der Waals surface area contributed by atoms with Crippen LogP contribution in [0.25, 0.3) is 0 Å². The van der Waals surface area contributed by atoms with E-state index in [-0.39, 0.29) is 5.91 Å². The smallest absolute Gasteiger partial charge is 0.349 e. The minimum absolute atomic E-state index is 0.388. The van der Waals surface area contributed by atoms with Gasteiger partial charge in [0, 0.05) is 16.6 Å². The molecule has 1 N–H and O–H groups in total. The lowest BCUT2D eigenvalue weighted by Crippen LogP contribution is -2.29. The largest absolute Gasteiger partial charge is 0.486 e. The van der Waals surface area contributed by atoms with Crippen molar-refractivity contribution >= 4 is 28.9 Å². The van der Waals surface area contributed by atoms with Gasteiger partial charge in [0.05, 0.1) is 0 Å². The summed E-state index contributed by atoms with van der Waals surface area (Å²) in [7, 11) is 0. The molecule has 0 unspecified atom stereocenters. The van der Waals surface area contributed by atoms with E-state index in [4.69, 9.17) is 14.2 Å². The lowest BCUT2D eigenvalue weighted by atomic mass is 9.99. The topological polar surface area (TPSA) is 73.9 Å². The fourth-order valence-corrected chi connectivity index (χ4v) is 4.36. The molecule has 142 valence electrons. The summed E-state index contributed by atoms with van der Waals surface area (Å²) in [6, 6.07) is 7.09. The van der Waals surface area contributed by atoms with Gasteiger partial charge < -0.3 is 19.5 Å². The fourth-order valence-electron chi connectivity index (χ4n) is 3.23. The summed E-state index contributed by atoms with van der Waals surface area (Å²) in [5.74, 6) is 0.411. The van der Waals surface area contributed by atoms with E-state index in [1.807, 2.05) is 6.07 Å². The molecular weight excluding hydrogens is 366 g/mol. The monoisotopic (exact) mass is 387 g/mol. The molecule has 1 atom stereocenters. The number of hydrogen-bond acceptors (Lipinski definition) is 6. The average Bonchev–Trinajstić information content (AvgIpc) is 3.12. The number of rotatable bonds is 4. The Bertz CT molecular complexity index is 852. The molecule has 0 radical (unpaired) electrons. The van der Waals surface area contributed by atoms with Crippen molar-refractivity contribution in [3.63, 3.8) is 0 Å². The van der Waals surface area contributed by atoms with Gasteiger partial charge in [-0.3, -0.25) is 4.79 Å². The van der Waals surface area contributed by atoms with Crippen LogP contribution in [0, 0.1) is 0 Å². The number of carbonyl (C=O) groups excluding carboxylic acids is 2. The van der Waals surface area contributed by atoms with Crippen LogP contribution >= 0.6 is 11.3 Å². The summed E-state index contributed by atoms with van der Waals surface area (Å²) in [5, 5.41) is 2.75. The third kappa shape index (κ3) is 3.93. The van der Waals surface area contributed by atoms with Crippen molar-refractivity contribution in [2.45, 2.75) is 38.7 Å². The van der Waals surface area contributed by atoms with Gasteiger partial charge in [-0.15, -0.1) is 11.3 Å². The molecule has 1 amide bonds. The number of nitrogens with one attached hydrogen (secondary N) is 1. The number of fused-ring (bicyclic) bond motifs is 2. The predicted octanol–water partition coefficient (Wildman–Crippen LogP) is 3.58. The molecule has 0 saturated carbocycles. The van der Waals surface area contributed by atoms with Gasteiger partial charge in [-0.05, 0) is 56.4 Å². The van der Waals surface area contributed by atoms with Crippen LogP contribution in [0.4, 0.5) is 5.69 Å². The average molecular weight is 387 g/mol. The zero-order chi connectivity index (χ0) is 18.8. The van der Waals surface area contributed by atoms with Crippen molar-refractivity contribution in [2.24, 2.45) is 0 Å². The number of hydrogen-bond donors (Lipinski definition) is 1. The van der Waals surface area contributed by atoms with E-state index in [1.165, 1.54) is 21.8 Å². The molecule has 1 aliphatic heterocycles. The second kappa shape index (κ2) is 7.60. The molecule has 0 bridgehead atoms. The van der Waals surface area contributed by atoms with Gasteiger partial charge in [-0.1, -0.05) is 0 Å². The van der Waals surface area contributed by atoms with Gasteiger partial charge in [0.25, 0.3) is 5.91 Å². The van der Waals surface area contributed by atoms with Crippen molar-refractivity contribution in [3.05, 3.63) is 39.6 Å². The molecular formula is C20H21NO5S. The Labute approximate surface area is 161 Å². The van der Waals surface area contributed by atoms with Crippen LogP contribution in [-0.4, -0.2) is 31.2 Å². The summed E-state index contributed by atoms with van der Waals surface area (Å²) >= 11 is 1.48. The van der Waals surface area contributed by atoms with Gasteiger partial charge in [-0.2, -0.15) is 0 Å². The molecule has 1 aromatic heterocycles. The van der Waals surface area contributed by atoms with Crippen molar-refractivity contribution in [3.8, 4) is 11.5 Å². The highest BCUT2D eigenvalue weighted by Crippen LogP contribution is 2.33. The summed E-state index contributed by atoms with van der Waals surface area (Å²) in [6.07, 6.45) is 3.46. The quantitative estimate of drug-likeness (QED) is 0.812. The summed E-state index contributed by atoms with van der Waals surface area (Å²) in [4.78, 5) is 26.6. The zero-order valence-electron chi connectivity index (χ0n) is 15.1. The van der Waals surface area contributed by atoms with Crippen LogP contribution in [0.2, 0.25) is 0 Å². The second-order valence-corrected chi connectivity index (χ2v) is 7.80. The molecule has 0 spiro atoms. The van der Waals surface area contributed by atoms with Gasteiger partial charge in [0.1, 0.15) is 18.1 Å². The van der Waals surface area contributed by atoms with E-state index in [9.17, 15) is 9.59 Å². The minimum Gasteiger partial charge on any atom is -0.486 e. The van der Waals surface area contributed by atoms with Gasteiger partial charge in [0.15, 0.2) is 17.6 Å². The van der Waals surface area contributed by atoms with Gasteiger partial charge >= 0.3 is 5.97 Å². The van der Waals surface area contributed by atoms with Crippen LogP contribution in [-0.2, 0) is 22.4 Å². The van der Waals surface area contributed by atoms with Crippen molar-refractivity contribution in [1.82, 2.24) is 0 Å². The Morgan fingerprint density at radius 3 is 2.70 bits per heavy atom. The normalized spacial score (nSPS) is 16.2. The Morgan fingerprint density at radius 1 is 1.11 bits per heavy atom. The second-order valence-electron chi connectivity index (χ2n) is 6.66. The first kappa shape index (κ1) is 17.9. The number of anilines is 1. The first-order valence-electron chi connectivity index (χ1n) is 9.13. The summed E-state index contributed by atoms with van der Waals surface area (Å²) in [5.41, 5.74) is 1.81. The lowest BCUT2D eigenvalue weighted by molar-refractivity contribution is -0.123. The van der Waals surface area contributed by atoms with Crippen LogP contribution in [0.1, 0.15) is 39.9 Å². The molecule has 7 heteroatoms. The van der Waals surface area contributed by atoms with E-state index in [0.717, 1.165) is 25.7 Å². The SMILES string of the molecule is C[C@@H](OC(=O)c1cc2c(s1)CCCC2)C(=O)Nc1ccc2c(c1)OCCO2. The molecule has 27 heavy (non-hydrogen) atoms. The lowest BCUT2D eigenvalue weighted by Gasteiger charge is -2.19. The maximum atomic E-state index is 12.4. The molecule has 0 saturated heterocycles. The Kier molecular flexibility index (Phi) is 5.03. The maximum absolute atomic E-state index is 12.4. The summed E-state index contributed by atoms with van der Waals surface area (Å²) in [6.45, 7) is 2.56. The predicted molar refractivity (Wildman–Crippen MR) is 102 cm³/mol. The van der Waals surface area contributed by atoms with Crippen LogP contribution in [0.5, 0.6) is 11.5 Å². The molecule has 2 aromatic rings. The van der Waals surface area contributed by atoms with Crippen molar-refractivity contribution in [2.75, 3.05) is 18.5 Å². The third-order valence-electron chi connectivity index (χ3n) is 4.66. The number of benzene rings is 1. The number of thiophene rings is 1. The molecule has 6 nitrogen and oxygen atoms in total. The standard InChI is InChI=1S/C20H21NO5S/c1-12(26-20(23)18-10-13-4-2-3-5-17(13)27-18)19(22)21-14-6-7-15-16(11-14)25-9-8-24-15/h6-7,10-12H,2-5,8-9H2,1H3,(H,21,22)/t12-/m1/s1. The van der Waals surface area contributed by atoms with E-state index in [0.29, 0.717) is 35.3 Å². The highest BCUT2D eigenvalue weighted by Gasteiger charge is 2.23. The van der Waals surface area contributed by atoms with E-state index >= 15 is 0 Å². The van der Waals surface area contributed by atoms with E-state index in [2.05, 4.69) is 5.32 Å². The maximum Gasteiger partial charge on any atom is 0.349 e. The van der Waals surface area contributed by atoms with Gasteiger partial charge in [0.2, 0.25) is 0 Å². The molecule has 1 aromatic carbocycles. The first-order chi connectivity index (χ1) is 13.1. The number of amides is 1. The van der Waals surface area contributed by atoms with Crippen molar-refractivity contribution in [1.29, 1.82) is 0 Å². The minimum atomic E-state index is -0.898. The molecule has 2 aliphatic rings. The number of aryl methyl sites for hydroxylation is 2. The number of ether oxygens (including phenoxy) is 3. The van der Waals surface area contributed by atoms with E-state index in [1.54, 1.807) is 25.1 Å². The van der Waals surface area contributed by atoms with Crippen LogP contribution in [0.3, 0.4) is 0 Å². The number of carbonyl (C=O) groups is 2. The molecule has 1 aliphatic carbocycles. The highest BCUT2D eigenvalue weighted by molar-refractivity contribution is 7.14. The summed E-state index contributed by atoms with van der Waals surface area (Å²) < 4.78 is 16.3. The highest BCUT2D eigenvalue weighted by atomic mass is 32.1. The first-order valence-corrected chi connectivity index (χ1v) is 9.95. The Hall–Kier alpha value is -2.54. The zero-order valence-corrected chi connectivity index (χ0v) is 15.9.